The maximum absolute atomic E-state index is 11.0. The standard InChI is InChI=1S/C24H24ClN3O3.C2HF3O2/c1-13(2)28-12-20(25)19-11-17(6-8-21(19)28)24-26-23(27-31-24)18-7-5-16(9-15(18)4)14(3)10-22(29)30;3-2(4,5)1(6)7/h5-9,11-14H,10H2,1-4H3,(H,29,30);(H,6,7). The van der Waals surface area contributed by atoms with Gasteiger partial charge in [-0.2, -0.15) is 18.2 Å². The molecule has 4 rings (SSSR count). The Kier molecular flexibility index (Phi) is 8.51. The van der Waals surface area contributed by atoms with Crippen LogP contribution in [-0.2, 0) is 9.59 Å². The number of carboxylic acid groups (broad SMARTS) is 2. The summed E-state index contributed by atoms with van der Waals surface area (Å²) in [7, 11) is 0. The molecule has 0 radical (unpaired) electrons. The SMILES string of the molecule is Cc1cc(C(C)CC(=O)O)ccc1-c1noc(-c2ccc3c(c2)c(Cl)cn3C(C)C)n1.O=C(O)C(F)(F)F. The van der Waals surface area contributed by atoms with Crippen LogP contribution in [0, 0.1) is 6.92 Å². The van der Waals surface area contributed by atoms with Gasteiger partial charge in [-0.25, -0.2) is 4.79 Å². The van der Waals surface area contributed by atoms with E-state index >= 15 is 0 Å². The fourth-order valence-corrected chi connectivity index (χ4v) is 4.10. The van der Waals surface area contributed by atoms with Gasteiger partial charge in [0, 0.05) is 34.3 Å². The number of carbonyl (C=O) groups is 2. The van der Waals surface area contributed by atoms with Crippen LogP contribution in [0.1, 0.15) is 50.3 Å². The summed E-state index contributed by atoms with van der Waals surface area (Å²) in [4.78, 5) is 24.5. The Bertz CT molecular complexity index is 1480. The highest BCUT2D eigenvalue weighted by atomic mass is 35.5. The molecule has 0 aliphatic carbocycles. The van der Waals surface area contributed by atoms with E-state index in [2.05, 4.69) is 28.6 Å². The van der Waals surface area contributed by atoms with Crippen molar-refractivity contribution in [2.75, 3.05) is 0 Å². The van der Waals surface area contributed by atoms with E-state index in [0.717, 1.165) is 33.2 Å². The molecular weight excluding hydrogens is 527 g/mol. The fourth-order valence-electron chi connectivity index (χ4n) is 3.85. The number of hydrogen-bond donors (Lipinski definition) is 2. The van der Waals surface area contributed by atoms with Crippen molar-refractivity contribution in [2.24, 2.45) is 0 Å². The molecule has 2 aromatic heterocycles. The Morgan fingerprint density at radius 2 is 1.76 bits per heavy atom. The van der Waals surface area contributed by atoms with Crippen LogP contribution in [0.5, 0.6) is 0 Å². The molecule has 0 aliphatic heterocycles. The minimum Gasteiger partial charge on any atom is -0.481 e. The molecule has 2 aromatic carbocycles. The van der Waals surface area contributed by atoms with Gasteiger partial charge < -0.3 is 19.3 Å². The van der Waals surface area contributed by atoms with E-state index in [1.807, 2.05) is 56.4 Å². The van der Waals surface area contributed by atoms with Crippen LogP contribution < -0.4 is 0 Å². The van der Waals surface area contributed by atoms with Crippen molar-refractivity contribution in [1.82, 2.24) is 14.7 Å². The summed E-state index contributed by atoms with van der Waals surface area (Å²) in [6, 6.07) is 12.1. The molecule has 202 valence electrons. The molecule has 4 aromatic rings. The van der Waals surface area contributed by atoms with Crippen molar-refractivity contribution in [3.63, 3.8) is 0 Å². The Labute approximate surface area is 220 Å². The third-order valence-electron chi connectivity index (χ3n) is 5.80. The highest BCUT2D eigenvalue weighted by molar-refractivity contribution is 6.35. The molecule has 12 heteroatoms. The topological polar surface area (TPSA) is 118 Å². The quantitative estimate of drug-likeness (QED) is 0.262. The van der Waals surface area contributed by atoms with Gasteiger partial charge in [-0.15, -0.1) is 0 Å². The lowest BCUT2D eigenvalue weighted by atomic mass is 9.94. The van der Waals surface area contributed by atoms with E-state index < -0.39 is 18.1 Å². The Morgan fingerprint density at radius 3 is 2.32 bits per heavy atom. The van der Waals surface area contributed by atoms with Gasteiger partial charge in [0.05, 0.1) is 11.4 Å². The van der Waals surface area contributed by atoms with E-state index in [0.29, 0.717) is 22.8 Å². The van der Waals surface area contributed by atoms with Crippen molar-refractivity contribution >= 4 is 34.4 Å². The van der Waals surface area contributed by atoms with Gasteiger partial charge in [0.1, 0.15) is 0 Å². The highest BCUT2D eigenvalue weighted by Crippen LogP contribution is 2.33. The van der Waals surface area contributed by atoms with Crippen molar-refractivity contribution in [3.05, 3.63) is 58.7 Å². The molecule has 1 unspecified atom stereocenters. The second-order valence-electron chi connectivity index (χ2n) is 9.01. The molecule has 0 aliphatic rings. The van der Waals surface area contributed by atoms with E-state index in [4.69, 9.17) is 31.1 Å². The number of halogens is 4. The second-order valence-corrected chi connectivity index (χ2v) is 9.42. The van der Waals surface area contributed by atoms with Crippen LogP contribution in [0.4, 0.5) is 13.2 Å². The van der Waals surface area contributed by atoms with Crippen molar-refractivity contribution in [2.45, 2.75) is 52.3 Å². The molecule has 2 N–H and O–H groups in total. The molecule has 38 heavy (non-hydrogen) atoms. The normalized spacial score (nSPS) is 12.3. The fraction of sp³-hybridized carbons (Fsp3) is 0.308. The lowest BCUT2D eigenvalue weighted by Crippen LogP contribution is -2.21. The van der Waals surface area contributed by atoms with E-state index in [1.165, 1.54) is 0 Å². The Balaban J connectivity index is 0.000000505. The maximum atomic E-state index is 11.0. The third-order valence-corrected chi connectivity index (χ3v) is 6.10. The smallest absolute Gasteiger partial charge is 0.481 e. The van der Waals surface area contributed by atoms with Crippen molar-refractivity contribution in [1.29, 1.82) is 0 Å². The first-order valence-corrected chi connectivity index (χ1v) is 11.8. The van der Waals surface area contributed by atoms with Gasteiger partial charge in [0.2, 0.25) is 5.82 Å². The largest absolute Gasteiger partial charge is 0.490 e. The number of benzene rings is 2. The van der Waals surface area contributed by atoms with Crippen LogP contribution in [0.25, 0.3) is 33.7 Å². The van der Waals surface area contributed by atoms with Gasteiger partial charge in [-0.3, -0.25) is 4.79 Å². The number of aromatic nitrogens is 3. The third kappa shape index (κ3) is 6.52. The molecule has 2 heterocycles. The van der Waals surface area contributed by atoms with Crippen LogP contribution in [-0.4, -0.2) is 43.0 Å². The van der Waals surface area contributed by atoms with E-state index in [9.17, 15) is 18.0 Å². The molecule has 0 bridgehead atoms. The average molecular weight is 552 g/mol. The molecule has 0 spiro atoms. The van der Waals surface area contributed by atoms with E-state index in [-0.39, 0.29) is 12.3 Å². The number of aryl methyl sites for hydroxylation is 1. The summed E-state index contributed by atoms with van der Waals surface area (Å²) >= 11 is 6.45. The minimum absolute atomic E-state index is 0.0688. The van der Waals surface area contributed by atoms with Crippen molar-refractivity contribution < 1.29 is 37.5 Å². The highest BCUT2D eigenvalue weighted by Gasteiger charge is 2.38. The molecule has 0 fully saturated rings. The summed E-state index contributed by atoms with van der Waals surface area (Å²) in [6.45, 7) is 8.10. The number of aliphatic carboxylic acids is 2. The number of rotatable bonds is 6. The number of carboxylic acids is 2. The van der Waals surface area contributed by atoms with Gasteiger partial charge >= 0.3 is 18.1 Å². The lowest BCUT2D eigenvalue weighted by molar-refractivity contribution is -0.192. The molecular formula is C26H25ClF3N3O5. The van der Waals surface area contributed by atoms with Crippen molar-refractivity contribution in [3.8, 4) is 22.8 Å². The predicted molar refractivity (Wildman–Crippen MR) is 135 cm³/mol. The summed E-state index contributed by atoms with van der Waals surface area (Å²) in [5.41, 5.74) is 4.66. The summed E-state index contributed by atoms with van der Waals surface area (Å²) < 4.78 is 39.4. The number of alkyl halides is 3. The van der Waals surface area contributed by atoms with Crippen LogP contribution in [0.2, 0.25) is 5.02 Å². The van der Waals surface area contributed by atoms with E-state index in [1.54, 1.807) is 0 Å². The monoisotopic (exact) mass is 551 g/mol. The zero-order valence-corrected chi connectivity index (χ0v) is 21.6. The second kappa shape index (κ2) is 11.3. The van der Waals surface area contributed by atoms with Crippen LogP contribution in [0.3, 0.4) is 0 Å². The van der Waals surface area contributed by atoms with Gasteiger partial charge in [0.25, 0.3) is 5.89 Å². The molecule has 0 amide bonds. The van der Waals surface area contributed by atoms with Crippen LogP contribution >= 0.6 is 11.6 Å². The van der Waals surface area contributed by atoms with Gasteiger partial charge in [0.15, 0.2) is 0 Å². The first kappa shape index (κ1) is 28.7. The van der Waals surface area contributed by atoms with Crippen LogP contribution in [0.15, 0.2) is 47.1 Å². The molecule has 8 nitrogen and oxygen atoms in total. The molecule has 1 atom stereocenters. The molecule has 0 saturated heterocycles. The number of nitrogens with zero attached hydrogens (tertiary/aromatic N) is 3. The molecule has 0 saturated carbocycles. The van der Waals surface area contributed by atoms with Gasteiger partial charge in [-0.05, 0) is 56.0 Å². The summed E-state index contributed by atoms with van der Waals surface area (Å²) in [5.74, 6) is -2.71. The average Bonchev–Trinajstić information content (AvgIpc) is 3.43. The predicted octanol–water partition coefficient (Wildman–Crippen LogP) is 7.11. The lowest BCUT2D eigenvalue weighted by Gasteiger charge is -2.11. The zero-order valence-electron chi connectivity index (χ0n) is 20.9. The maximum Gasteiger partial charge on any atom is 0.490 e. The zero-order chi connectivity index (χ0) is 28.4. The first-order valence-electron chi connectivity index (χ1n) is 11.5. The van der Waals surface area contributed by atoms with Gasteiger partial charge in [-0.1, -0.05) is 41.9 Å². The summed E-state index contributed by atoms with van der Waals surface area (Å²) in [5, 5.41) is 21.9. The summed E-state index contributed by atoms with van der Waals surface area (Å²) in [6.07, 6.45) is -3.05. The number of fused-ring (bicyclic) bond motifs is 1. The minimum atomic E-state index is -5.08. The Hall–Kier alpha value is -3.86. The Morgan fingerprint density at radius 1 is 1.11 bits per heavy atom. The first-order chi connectivity index (χ1) is 17.7. The number of hydrogen-bond acceptors (Lipinski definition) is 5.